The van der Waals surface area contributed by atoms with E-state index in [4.69, 9.17) is 5.11 Å². The molecule has 1 aromatic rings. The van der Waals surface area contributed by atoms with E-state index in [0.29, 0.717) is 11.3 Å². The Bertz CT molecular complexity index is 411. The first-order chi connectivity index (χ1) is 7.95. The second kappa shape index (κ2) is 6.16. The lowest BCUT2D eigenvalue weighted by atomic mass is 10.1. The van der Waals surface area contributed by atoms with Crippen LogP contribution in [0.4, 0.5) is 0 Å². The SMILES string of the molecule is CCC(CNC(=O)c1cc(C)c(Br)s1)C(=O)O. The first-order valence-corrected chi connectivity index (χ1v) is 6.83. The number of aryl methyl sites for hydroxylation is 1. The molecule has 0 aliphatic rings. The molecule has 1 aromatic heterocycles. The predicted molar refractivity (Wildman–Crippen MR) is 70.5 cm³/mol. The minimum absolute atomic E-state index is 0.166. The van der Waals surface area contributed by atoms with Gasteiger partial charge in [0.05, 0.1) is 14.6 Å². The molecule has 0 aliphatic carbocycles. The lowest BCUT2D eigenvalue weighted by molar-refractivity contribution is -0.141. The van der Waals surface area contributed by atoms with Crippen molar-refractivity contribution in [2.24, 2.45) is 5.92 Å². The Hall–Kier alpha value is -0.880. The van der Waals surface area contributed by atoms with Crippen molar-refractivity contribution in [3.63, 3.8) is 0 Å². The molecule has 0 saturated carbocycles. The molecule has 2 N–H and O–H groups in total. The molecule has 1 rings (SSSR count). The van der Waals surface area contributed by atoms with E-state index in [-0.39, 0.29) is 12.5 Å². The third-order valence-electron chi connectivity index (χ3n) is 2.43. The van der Waals surface area contributed by atoms with E-state index >= 15 is 0 Å². The van der Waals surface area contributed by atoms with Crippen LogP contribution >= 0.6 is 27.3 Å². The number of hydrogen-bond donors (Lipinski definition) is 2. The zero-order chi connectivity index (χ0) is 13.0. The van der Waals surface area contributed by atoms with Crippen LogP contribution in [-0.2, 0) is 4.79 Å². The van der Waals surface area contributed by atoms with Gasteiger partial charge in [-0.25, -0.2) is 0 Å². The predicted octanol–water partition coefficient (Wildman–Crippen LogP) is 2.66. The highest BCUT2D eigenvalue weighted by Crippen LogP contribution is 2.27. The van der Waals surface area contributed by atoms with Crippen LogP contribution in [0, 0.1) is 12.8 Å². The Morgan fingerprint density at radius 3 is 2.65 bits per heavy atom. The molecule has 94 valence electrons. The van der Waals surface area contributed by atoms with Crippen molar-refractivity contribution in [3.05, 3.63) is 20.3 Å². The number of hydrogen-bond acceptors (Lipinski definition) is 3. The molecule has 1 heterocycles. The maximum atomic E-state index is 11.7. The molecule has 0 fully saturated rings. The Kier molecular flexibility index (Phi) is 5.14. The lowest BCUT2D eigenvalue weighted by Crippen LogP contribution is -2.32. The van der Waals surface area contributed by atoms with Gasteiger partial charge in [-0.15, -0.1) is 11.3 Å². The first kappa shape index (κ1) is 14.2. The van der Waals surface area contributed by atoms with Gasteiger partial charge in [-0.1, -0.05) is 6.92 Å². The molecule has 17 heavy (non-hydrogen) atoms. The fourth-order valence-corrected chi connectivity index (χ4v) is 2.73. The number of amides is 1. The molecular weight excluding hydrogens is 306 g/mol. The van der Waals surface area contributed by atoms with Crippen LogP contribution in [0.1, 0.15) is 28.6 Å². The summed E-state index contributed by atoms with van der Waals surface area (Å²) in [5.74, 6) is -1.62. The summed E-state index contributed by atoms with van der Waals surface area (Å²) in [6.45, 7) is 3.86. The molecule has 0 aliphatic heterocycles. The number of carboxylic acids is 1. The van der Waals surface area contributed by atoms with Crippen molar-refractivity contribution >= 4 is 39.1 Å². The highest BCUT2D eigenvalue weighted by atomic mass is 79.9. The van der Waals surface area contributed by atoms with E-state index < -0.39 is 11.9 Å². The summed E-state index contributed by atoms with van der Waals surface area (Å²) >= 11 is 4.69. The molecule has 0 bridgehead atoms. The van der Waals surface area contributed by atoms with Gasteiger partial charge < -0.3 is 10.4 Å². The Balaban J connectivity index is 2.58. The minimum atomic E-state index is -0.878. The van der Waals surface area contributed by atoms with Crippen LogP contribution in [-0.4, -0.2) is 23.5 Å². The van der Waals surface area contributed by atoms with Gasteiger partial charge in [0.1, 0.15) is 0 Å². The topological polar surface area (TPSA) is 66.4 Å². The third kappa shape index (κ3) is 3.81. The van der Waals surface area contributed by atoms with Crippen molar-refractivity contribution in [1.82, 2.24) is 5.32 Å². The maximum absolute atomic E-state index is 11.7. The van der Waals surface area contributed by atoms with Crippen LogP contribution in [0.15, 0.2) is 9.85 Å². The van der Waals surface area contributed by atoms with Crippen molar-refractivity contribution in [2.75, 3.05) is 6.54 Å². The minimum Gasteiger partial charge on any atom is -0.481 e. The van der Waals surface area contributed by atoms with Crippen LogP contribution < -0.4 is 5.32 Å². The average Bonchev–Trinajstić information content (AvgIpc) is 2.59. The molecule has 0 radical (unpaired) electrons. The fraction of sp³-hybridized carbons (Fsp3) is 0.455. The summed E-state index contributed by atoms with van der Waals surface area (Å²) in [4.78, 5) is 23.1. The Labute approximate surface area is 112 Å². The first-order valence-electron chi connectivity index (χ1n) is 5.22. The molecule has 1 amide bonds. The zero-order valence-electron chi connectivity index (χ0n) is 9.62. The second-order valence-electron chi connectivity index (χ2n) is 3.72. The smallest absolute Gasteiger partial charge is 0.308 e. The number of nitrogens with one attached hydrogen (secondary N) is 1. The summed E-state index contributed by atoms with van der Waals surface area (Å²) in [6, 6.07) is 1.78. The van der Waals surface area contributed by atoms with Crippen molar-refractivity contribution in [1.29, 1.82) is 0 Å². The summed E-state index contributed by atoms with van der Waals surface area (Å²) in [5.41, 5.74) is 1.01. The zero-order valence-corrected chi connectivity index (χ0v) is 12.0. The molecule has 0 spiro atoms. The lowest BCUT2D eigenvalue weighted by Gasteiger charge is -2.10. The monoisotopic (exact) mass is 319 g/mol. The molecular formula is C11H14BrNO3S. The highest BCUT2D eigenvalue weighted by molar-refractivity contribution is 9.11. The molecule has 4 nitrogen and oxygen atoms in total. The number of rotatable bonds is 5. The molecule has 0 aromatic carbocycles. The number of carbonyl (C=O) groups is 2. The number of carboxylic acid groups (broad SMARTS) is 1. The number of halogens is 1. The fourth-order valence-electron chi connectivity index (χ4n) is 1.28. The molecule has 6 heteroatoms. The number of thiophene rings is 1. The summed E-state index contributed by atoms with van der Waals surface area (Å²) in [6.07, 6.45) is 0.503. The molecule has 1 unspecified atom stereocenters. The third-order valence-corrected chi connectivity index (χ3v) is 4.57. The standard InChI is InChI=1S/C11H14BrNO3S/c1-3-7(11(15)16)5-13-10(14)8-4-6(2)9(12)17-8/h4,7H,3,5H2,1-2H3,(H,13,14)(H,15,16). The number of aliphatic carboxylic acids is 1. The van der Waals surface area contributed by atoms with Crippen LogP contribution in [0.25, 0.3) is 0 Å². The molecule has 1 atom stereocenters. The Morgan fingerprint density at radius 1 is 1.59 bits per heavy atom. The largest absolute Gasteiger partial charge is 0.481 e. The van der Waals surface area contributed by atoms with Gasteiger partial charge in [0, 0.05) is 6.54 Å². The van der Waals surface area contributed by atoms with E-state index in [2.05, 4.69) is 21.2 Å². The van der Waals surface area contributed by atoms with Crippen LogP contribution in [0.5, 0.6) is 0 Å². The van der Waals surface area contributed by atoms with E-state index in [9.17, 15) is 9.59 Å². The van der Waals surface area contributed by atoms with Gasteiger partial charge in [0.25, 0.3) is 5.91 Å². The summed E-state index contributed by atoms with van der Waals surface area (Å²) < 4.78 is 0.924. The van der Waals surface area contributed by atoms with E-state index in [1.165, 1.54) is 11.3 Å². The van der Waals surface area contributed by atoms with Crippen molar-refractivity contribution < 1.29 is 14.7 Å². The van der Waals surface area contributed by atoms with Gasteiger partial charge in [0.15, 0.2) is 0 Å². The summed E-state index contributed by atoms with van der Waals surface area (Å²) in [5, 5.41) is 11.5. The van der Waals surface area contributed by atoms with Crippen molar-refractivity contribution in [2.45, 2.75) is 20.3 Å². The van der Waals surface area contributed by atoms with Gasteiger partial charge in [-0.05, 0) is 40.9 Å². The van der Waals surface area contributed by atoms with E-state index in [1.807, 2.05) is 6.92 Å². The number of carbonyl (C=O) groups excluding carboxylic acids is 1. The normalized spacial score (nSPS) is 12.2. The van der Waals surface area contributed by atoms with Gasteiger partial charge in [-0.2, -0.15) is 0 Å². The van der Waals surface area contributed by atoms with Gasteiger partial charge in [-0.3, -0.25) is 9.59 Å². The van der Waals surface area contributed by atoms with E-state index in [0.717, 1.165) is 9.35 Å². The van der Waals surface area contributed by atoms with Gasteiger partial charge >= 0.3 is 5.97 Å². The Morgan fingerprint density at radius 2 is 2.24 bits per heavy atom. The van der Waals surface area contributed by atoms with Crippen molar-refractivity contribution in [3.8, 4) is 0 Å². The quantitative estimate of drug-likeness (QED) is 0.876. The highest BCUT2D eigenvalue weighted by Gasteiger charge is 2.17. The van der Waals surface area contributed by atoms with Gasteiger partial charge in [0.2, 0.25) is 0 Å². The molecule has 0 saturated heterocycles. The van der Waals surface area contributed by atoms with E-state index in [1.54, 1.807) is 13.0 Å². The average molecular weight is 320 g/mol. The van der Waals surface area contributed by atoms with Crippen LogP contribution in [0.3, 0.4) is 0 Å². The summed E-state index contributed by atoms with van der Waals surface area (Å²) in [7, 11) is 0. The van der Waals surface area contributed by atoms with Crippen LogP contribution in [0.2, 0.25) is 0 Å². The second-order valence-corrected chi connectivity index (χ2v) is 6.09. The maximum Gasteiger partial charge on any atom is 0.308 e.